The maximum atomic E-state index is 6.24. The summed E-state index contributed by atoms with van der Waals surface area (Å²) in [6.45, 7) is 4.13. The normalized spacial score (nSPS) is 15.8. The first-order chi connectivity index (χ1) is 10.1. The van der Waals surface area contributed by atoms with Crippen molar-refractivity contribution in [1.82, 2.24) is 9.97 Å². The summed E-state index contributed by atoms with van der Waals surface area (Å²) in [6.07, 6.45) is 3.32. The van der Waals surface area contributed by atoms with Gasteiger partial charge in [0.1, 0.15) is 16.8 Å². The fourth-order valence-electron chi connectivity index (χ4n) is 2.42. The van der Waals surface area contributed by atoms with Crippen LogP contribution in [0.25, 0.3) is 0 Å². The fraction of sp³-hybridized carbons (Fsp3) is 0.412. The Bertz CT molecular complexity index is 623. The molecule has 1 fully saturated rings. The summed E-state index contributed by atoms with van der Waals surface area (Å²) in [7, 11) is 0. The Hall–Kier alpha value is -1.61. The summed E-state index contributed by atoms with van der Waals surface area (Å²) < 4.78 is 0. The summed E-state index contributed by atoms with van der Waals surface area (Å²) in [5.74, 6) is 2.27. The molecule has 0 amide bonds. The molecule has 3 nitrogen and oxygen atoms in total. The minimum absolute atomic E-state index is 0.295. The number of nitrogens with one attached hydrogen (secondary N) is 1. The molecule has 21 heavy (non-hydrogen) atoms. The van der Waals surface area contributed by atoms with Gasteiger partial charge in [0, 0.05) is 17.5 Å². The zero-order valence-corrected chi connectivity index (χ0v) is 13.2. The lowest BCUT2D eigenvalue weighted by Crippen LogP contribution is -2.20. The van der Waals surface area contributed by atoms with Gasteiger partial charge < -0.3 is 5.32 Å². The van der Waals surface area contributed by atoms with Gasteiger partial charge in [-0.1, -0.05) is 41.9 Å². The van der Waals surface area contributed by atoms with Crippen LogP contribution in [0.3, 0.4) is 0 Å². The molecule has 110 valence electrons. The van der Waals surface area contributed by atoms with Crippen molar-refractivity contribution < 1.29 is 0 Å². The van der Waals surface area contributed by atoms with Crippen molar-refractivity contribution >= 4 is 17.4 Å². The van der Waals surface area contributed by atoms with E-state index in [9.17, 15) is 0 Å². The van der Waals surface area contributed by atoms with Crippen molar-refractivity contribution in [3.8, 4) is 0 Å². The number of anilines is 1. The van der Waals surface area contributed by atoms with Gasteiger partial charge in [0.25, 0.3) is 0 Å². The minimum atomic E-state index is 0.295. The van der Waals surface area contributed by atoms with Crippen LogP contribution in [0, 0.1) is 6.92 Å². The van der Waals surface area contributed by atoms with Crippen LogP contribution in [0.1, 0.15) is 42.6 Å². The van der Waals surface area contributed by atoms with Crippen molar-refractivity contribution in [2.45, 2.75) is 45.1 Å². The highest BCUT2D eigenvalue weighted by molar-refractivity contribution is 6.30. The second-order valence-corrected chi connectivity index (χ2v) is 6.21. The maximum Gasteiger partial charge on any atom is 0.137 e. The minimum Gasteiger partial charge on any atom is -0.367 e. The van der Waals surface area contributed by atoms with E-state index < -0.39 is 0 Å². The van der Waals surface area contributed by atoms with Gasteiger partial charge in [0.2, 0.25) is 0 Å². The Morgan fingerprint density at radius 1 is 1.24 bits per heavy atom. The van der Waals surface area contributed by atoms with E-state index >= 15 is 0 Å². The molecule has 1 aliphatic carbocycles. The lowest BCUT2D eigenvalue weighted by Gasteiger charge is -2.17. The monoisotopic (exact) mass is 301 g/mol. The molecule has 1 N–H and O–H groups in total. The molecule has 1 saturated carbocycles. The summed E-state index contributed by atoms with van der Waals surface area (Å²) in [6, 6.07) is 10.8. The van der Waals surface area contributed by atoms with Crippen LogP contribution in [0.5, 0.6) is 0 Å². The summed E-state index contributed by atoms with van der Waals surface area (Å²) in [5, 5.41) is 4.06. The summed E-state index contributed by atoms with van der Waals surface area (Å²) >= 11 is 6.24. The first kappa shape index (κ1) is 14.3. The Labute approximate surface area is 130 Å². The molecule has 1 aliphatic rings. The number of benzene rings is 1. The molecule has 1 heterocycles. The number of rotatable bonds is 5. The van der Waals surface area contributed by atoms with Gasteiger partial charge in [-0.15, -0.1) is 0 Å². The molecule has 1 aromatic carbocycles. The van der Waals surface area contributed by atoms with Gasteiger partial charge in [-0.25, -0.2) is 9.97 Å². The zero-order chi connectivity index (χ0) is 14.8. The molecule has 3 rings (SSSR count). The molecule has 4 heteroatoms. The van der Waals surface area contributed by atoms with E-state index in [2.05, 4.69) is 46.5 Å². The smallest absolute Gasteiger partial charge is 0.137 e. The third kappa shape index (κ3) is 3.53. The largest absolute Gasteiger partial charge is 0.367 e. The van der Waals surface area contributed by atoms with E-state index in [0.29, 0.717) is 17.1 Å². The molecule has 0 bridgehead atoms. The Morgan fingerprint density at radius 3 is 2.62 bits per heavy atom. The van der Waals surface area contributed by atoms with Gasteiger partial charge in [-0.2, -0.15) is 0 Å². The average Bonchev–Trinajstić information content (AvgIpc) is 3.29. The zero-order valence-electron chi connectivity index (χ0n) is 12.4. The Morgan fingerprint density at radius 2 is 1.95 bits per heavy atom. The van der Waals surface area contributed by atoms with Crippen molar-refractivity contribution in [3.05, 3.63) is 52.4 Å². The van der Waals surface area contributed by atoms with Gasteiger partial charge in [-0.05, 0) is 38.7 Å². The lowest BCUT2D eigenvalue weighted by molar-refractivity contribution is 0.776. The molecule has 0 radical (unpaired) electrons. The first-order valence-corrected chi connectivity index (χ1v) is 7.86. The number of halogens is 1. The molecule has 1 atom stereocenters. The topological polar surface area (TPSA) is 37.8 Å². The SMILES string of the molecule is Cc1c(Cl)nc(C2CC2)nc1NC(C)Cc1ccccc1. The molecule has 0 aliphatic heterocycles. The molecule has 2 aromatic rings. The van der Waals surface area contributed by atoms with Crippen LogP contribution in [0.4, 0.5) is 5.82 Å². The molecule has 0 saturated heterocycles. The van der Waals surface area contributed by atoms with E-state index in [4.69, 9.17) is 11.6 Å². The molecule has 1 unspecified atom stereocenters. The van der Waals surface area contributed by atoms with E-state index in [1.807, 2.05) is 13.0 Å². The number of nitrogens with zero attached hydrogens (tertiary/aromatic N) is 2. The van der Waals surface area contributed by atoms with E-state index in [-0.39, 0.29) is 0 Å². The predicted molar refractivity (Wildman–Crippen MR) is 87.0 cm³/mol. The highest BCUT2D eigenvalue weighted by Gasteiger charge is 2.28. The van der Waals surface area contributed by atoms with Crippen LogP contribution < -0.4 is 5.32 Å². The van der Waals surface area contributed by atoms with Crippen LogP contribution in [-0.2, 0) is 6.42 Å². The Kier molecular flexibility index (Phi) is 4.11. The number of hydrogen-bond acceptors (Lipinski definition) is 3. The number of aromatic nitrogens is 2. The summed E-state index contributed by atoms with van der Waals surface area (Å²) in [5.41, 5.74) is 2.25. The van der Waals surface area contributed by atoms with Crippen molar-refractivity contribution in [2.24, 2.45) is 0 Å². The molecule has 1 aromatic heterocycles. The van der Waals surface area contributed by atoms with Gasteiger partial charge in [0.15, 0.2) is 0 Å². The van der Waals surface area contributed by atoms with Gasteiger partial charge in [-0.3, -0.25) is 0 Å². The molecular formula is C17H20ClN3. The summed E-state index contributed by atoms with van der Waals surface area (Å²) in [4.78, 5) is 9.07. The lowest BCUT2D eigenvalue weighted by atomic mass is 10.1. The van der Waals surface area contributed by atoms with Crippen LogP contribution in [-0.4, -0.2) is 16.0 Å². The van der Waals surface area contributed by atoms with Crippen molar-refractivity contribution in [1.29, 1.82) is 0 Å². The first-order valence-electron chi connectivity index (χ1n) is 7.48. The second-order valence-electron chi connectivity index (χ2n) is 5.86. The molecule has 0 spiro atoms. The third-order valence-electron chi connectivity index (χ3n) is 3.81. The average molecular weight is 302 g/mol. The predicted octanol–water partition coefficient (Wildman–Crippen LogP) is 4.36. The third-order valence-corrected chi connectivity index (χ3v) is 4.18. The Balaban J connectivity index is 1.74. The fourth-order valence-corrected chi connectivity index (χ4v) is 2.60. The molecular weight excluding hydrogens is 282 g/mol. The highest BCUT2D eigenvalue weighted by Crippen LogP contribution is 2.39. The van der Waals surface area contributed by atoms with Crippen molar-refractivity contribution in [2.75, 3.05) is 5.32 Å². The van der Waals surface area contributed by atoms with E-state index in [1.54, 1.807) is 0 Å². The van der Waals surface area contributed by atoms with Crippen LogP contribution in [0.15, 0.2) is 30.3 Å². The van der Waals surface area contributed by atoms with Gasteiger partial charge in [0.05, 0.1) is 0 Å². The quantitative estimate of drug-likeness (QED) is 0.834. The van der Waals surface area contributed by atoms with Gasteiger partial charge >= 0.3 is 0 Å². The second kappa shape index (κ2) is 6.02. The van der Waals surface area contributed by atoms with Crippen LogP contribution >= 0.6 is 11.6 Å². The number of hydrogen-bond donors (Lipinski definition) is 1. The van der Waals surface area contributed by atoms with E-state index in [1.165, 1.54) is 18.4 Å². The van der Waals surface area contributed by atoms with Crippen LogP contribution in [0.2, 0.25) is 5.15 Å². The highest BCUT2D eigenvalue weighted by atomic mass is 35.5. The maximum absolute atomic E-state index is 6.24. The standard InChI is InChI=1S/C17H20ClN3/c1-11(10-13-6-4-3-5-7-13)19-16-12(2)15(18)20-17(21-16)14-8-9-14/h3-7,11,14H,8-10H2,1-2H3,(H,19,20,21). The van der Waals surface area contributed by atoms with Crippen molar-refractivity contribution in [3.63, 3.8) is 0 Å². The van der Waals surface area contributed by atoms with E-state index in [0.717, 1.165) is 23.6 Å².